The van der Waals surface area contributed by atoms with Gasteiger partial charge in [0.15, 0.2) is 0 Å². The predicted molar refractivity (Wildman–Crippen MR) is 121 cm³/mol. The number of pyridine rings is 1. The number of aromatic nitrogens is 3. The second kappa shape index (κ2) is 8.73. The summed E-state index contributed by atoms with van der Waals surface area (Å²) in [7, 11) is 1.61. The standard InChI is InChI=1S/C23H21ClN4O3/c1-3-10-28(13-21-26-20-12-15(24)5-7-17(20)22(29)27-21)23(30)19-8-4-14-11-16(31-2)6-9-18(14)25-19/h4-9,11-12H,3,10,13H2,1-2H3,(H,26,27,29). The summed E-state index contributed by atoms with van der Waals surface area (Å²) >= 11 is 6.04. The minimum atomic E-state index is -0.265. The number of aromatic amines is 1. The van der Waals surface area contributed by atoms with Gasteiger partial charge in [0.05, 0.1) is 30.1 Å². The molecule has 4 rings (SSSR count). The topological polar surface area (TPSA) is 88.2 Å². The van der Waals surface area contributed by atoms with E-state index >= 15 is 0 Å². The van der Waals surface area contributed by atoms with E-state index in [2.05, 4.69) is 15.0 Å². The number of nitrogens with one attached hydrogen (secondary N) is 1. The number of carbonyl (C=O) groups excluding carboxylic acids is 1. The van der Waals surface area contributed by atoms with Crippen molar-refractivity contribution in [2.75, 3.05) is 13.7 Å². The maximum Gasteiger partial charge on any atom is 0.272 e. The second-order valence-electron chi connectivity index (χ2n) is 7.16. The summed E-state index contributed by atoms with van der Waals surface area (Å²) in [5, 5.41) is 1.83. The van der Waals surface area contributed by atoms with Crippen molar-refractivity contribution in [2.24, 2.45) is 0 Å². The van der Waals surface area contributed by atoms with Gasteiger partial charge >= 0.3 is 0 Å². The quantitative estimate of drug-likeness (QED) is 0.489. The Morgan fingerprint density at radius 2 is 1.94 bits per heavy atom. The molecule has 0 unspecified atom stereocenters. The van der Waals surface area contributed by atoms with Crippen LogP contribution in [-0.2, 0) is 6.54 Å². The van der Waals surface area contributed by atoms with Crippen molar-refractivity contribution in [1.29, 1.82) is 0 Å². The molecule has 0 aliphatic heterocycles. The lowest BCUT2D eigenvalue weighted by molar-refractivity contribution is 0.0733. The van der Waals surface area contributed by atoms with Crippen molar-refractivity contribution in [2.45, 2.75) is 19.9 Å². The molecule has 158 valence electrons. The summed E-state index contributed by atoms with van der Waals surface area (Å²) in [4.78, 5) is 39.0. The molecule has 1 amide bonds. The van der Waals surface area contributed by atoms with Crippen LogP contribution >= 0.6 is 11.6 Å². The van der Waals surface area contributed by atoms with Crippen molar-refractivity contribution in [3.05, 3.63) is 75.4 Å². The van der Waals surface area contributed by atoms with Gasteiger partial charge in [0, 0.05) is 17.0 Å². The highest BCUT2D eigenvalue weighted by atomic mass is 35.5. The van der Waals surface area contributed by atoms with Crippen LogP contribution in [0.4, 0.5) is 0 Å². The van der Waals surface area contributed by atoms with E-state index in [1.54, 1.807) is 36.3 Å². The molecule has 0 spiro atoms. The van der Waals surface area contributed by atoms with Gasteiger partial charge in [-0.1, -0.05) is 24.6 Å². The molecule has 0 bridgehead atoms. The van der Waals surface area contributed by atoms with E-state index in [9.17, 15) is 9.59 Å². The SMILES string of the molecule is CCCN(Cc1nc2cc(Cl)ccc2c(=O)[nH]1)C(=O)c1ccc2cc(OC)ccc2n1. The van der Waals surface area contributed by atoms with Gasteiger partial charge in [0.1, 0.15) is 17.3 Å². The number of benzene rings is 2. The van der Waals surface area contributed by atoms with Crippen LogP contribution in [0, 0.1) is 0 Å². The van der Waals surface area contributed by atoms with Crippen LogP contribution in [0.1, 0.15) is 29.7 Å². The van der Waals surface area contributed by atoms with Crippen LogP contribution in [-0.4, -0.2) is 39.4 Å². The third-order valence-electron chi connectivity index (χ3n) is 4.95. The highest BCUT2D eigenvalue weighted by molar-refractivity contribution is 6.31. The average Bonchev–Trinajstić information content (AvgIpc) is 2.77. The first kappa shape index (κ1) is 20.8. The fourth-order valence-corrected chi connectivity index (χ4v) is 3.62. The Labute approximate surface area is 183 Å². The van der Waals surface area contributed by atoms with Gasteiger partial charge in [0.25, 0.3) is 11.5 Å². The molecule has 0 atom stereocenters. The average molecular weight is 437 g/mol. The Balaban J connectivity index is 1.65. The number of hydrogen-bond acceptors (Lipinski definition) is 5. The van der Waals surface area contributed by atoms with E-state index in [0.717, 1.165) is 17.6 Å². The van der Waals surface area contributed by atoms with Crippen LogP contribution < -0.4 is 10.3 Å². The minimum Gasteiger partial charge on any atom is -0.497 e. The molecule has 0 aliphatic carbocycles. The van der Waals surface area contributed by atoms with Crippen LogP contribution in [0.3, 0.4) is 0 Å². The molecule has 4 aromatic rings. The molecule has 0 saturated heterocycles. The first-order valence-electron chi connectivity index (χ1n) is 9.91. The van der Waals surface area contributed by atoms with E-state index in [1.165, 1.54) is 0 Å². The zero-order valence-electron chi connectivity index (χ0n) is 17.2. The molecule has 2 aromatic carbocycles. The minimum absolute atomic E-state index is 0.159. The summed E-state index contributed by atoms with van der Waals surface area (Å²) < 4.78 is 5.24. The van der Waals surface area contributed by atoms with Gasteiger partial charge in [0.2, 0.25) is 0 Å². The molecule has 7 nitrogen and oxygen atoms in total. The molecular formula is C23H21ClN4O3. The molecular weight excluding hydrogens is 416 g/mol. The third-order valence-corrected chi connectivity index (χ3v) is 5.19. The molecule has 1 N–H and O–H groups in total. The summed E-state index contributed by atoms with van der Waals surface area (Å²) in [6.07, 6.45) is 0.750. The maximum atomic E-state index is 13.2. The number of nitrogens with zero attached hydrogens (tertiary/aromatic N) is 3. The number of hydrogen-bond donors (Lipinski definition) is 1. The van der Waals surface area contributed by atoms with E-state index in [0.29, 0.717) is 39.5 Å². The van der Waals surface area contributed by atoms with Crippen molar-refractivity contribution >= 4 is 39.3 Å². The van der Waals surface area contributed by atoms with E-state index in [-0.39, 0.29) is 18.0 Å². The van der Waals surface area contributed by atoms with Gasteiger partial charge in [-0.2, -0.15) is 0 Å². The number of fused-ring (bicyclic) bond motifs is 2. The van der Waals surface area contributed by atoms with E-state index < -0.39 is 0 Å². The number of halogens is 1. The van der Waals surface area contributed by atoms with Gasteiger partial charge in [-0.15, -0.1) is 0 Å². The zero-order valence-corrected chi connectivity index (χ0v) is 17.9. The van der Waals surface area contributed by atoms with Crippen molar-refractivity contribution in [3.63, 3.8) is 0 Å². The van der Waals surface area contributed by atoms with E-state index in [4.69, 9.17) is 16.3 Å². The highest BCUT2D eigenvalue weighted by Gasteiger charge is 2.19. The van der Waals surface area contributed by atoms with Gasteiger partial charge in [-0.05, 0) is 48.9 Å². The predicted octanol–water partition coefficient (Wildman–Crippen LogP) is 4.19. The Morgan fingerprint density at radius 3 is 2.71 bits per heavy atom. The Kier molecular flexibility index (Phi) is 5.86. The largest absolute Gasteiger partial charge is 0.497 e. The maximum absolute atomic E-state index is 13.2. The lowest BCUT2D eigenvalue weighted by atomic mass is 10.2. The number of rotatable bonds is 6. The zero-order chi connectivity index (χ0) is 22.0. The van der Waals surface area contributed by atoms with E-state index in [1.807, 2.05) is 31.2 Å². The summed E-state index contributed by atoms with van der Waals surface area (Å²) in [6, 6.07) is 14.0. The number of carbonyl (C=O) groups is 1. The Bertz CT molecular complexity index is 1340. The first-order chi connectivity index (χ1) is 15.0. The number of ether oxygens (including phenoxy) is 1. The van der Waals surface area contributed by atoms with Crippen molar-refractivity contribution in [3.8, 4) is 5.75 Å². The molecule has 0 aliphatic rings. The molecule has 2 heterocycles. The van der Waals surface area contributed by atoms with Crippen LogP contribution in [0.15, 0.2) is 53.3 Å². The molecule has 0 radical (unpaired) electrons. The Morgan fingerprint density at radius 1 is 1.10 bits per heavy atom. The number of amides is 1. The summed E-state index contributed by atoms with van der Waals surface area (Å²) in [6.45, 7) is 2.64. The number of methoxy groups -OCH3 is 1. The molecule has 0 saturated carbocycles. The summed E-state index contributed by atoms with van der Waals surface area (Å²) in [5.41, 5.74) is 1.26. The monoisotopic (exact) mass is 436 g/mol. The molecule has 0 fully saturated rings. The highest BCUT2D eigenvalue weighted by Crippen LogP contribution is 2.20. The fourth-order valence-electron chi connectivity index (χ4n) is 3.45. The summed E-state index contributed by atoms with van der Waals surface area (Å²) in [5.74, 6) is 0.896. The molecule has 8 heteroatoms. The van der Waals surface area contributed by atoms with Gasteiger partial charge in [-0.3, -0.25) is 9.59 Å². The molecule has 2 aromatic heterocycles. The Hall–Kier alpha value is -3.45. The lowest BCUT2D eigenvalue weighted by Crippen LogP contribution is -2.33. The molecule has 31 heavy (non-hydrogen) atoms. The fraction of sp³-hybridized carbons (Fsp3) is 0.217. The van der Waals surface area contributed by atoms with Crippen molar-refractivity contribution in [1.82, 2.24) is 19.9 Å². The smallest absolute Gasteiger partial charge is 0.272 e. The van der Waals surface area contributed by atoms with Crippen LogP contribution in [0.5, 0.6) is 5.75 Å². The van der Waals surface area contributed by atoms with Crippen LogP contribution in [0.2, 0.25) is 5.02 Å². The third kappa shape index (κ3) is 4.36. The normalized spacial score (nSPS) is 11.1. The lowest BCUT2D eigenvalue weighted by Gasteiger charge is -2.21. The number of H-pyrrole nitrogens is 1. The van der Waals surface area contributed by atoms with Gasteiger partial charge in [-0.25, -0.2) is 9.97 Å². The first-order valence-corrected chi connectivity index (χ1v) is 10.3. The second-order valence-corrected chi connectivity index (χ2v) is 7.59. The van der Waals surface area contributed by atoms with Gasteiger partial charge < -0.3 is 14.6 Å². The van der Waals surface area contributed by atoms with Crippen LogP contribution in [0.25, 0.3) is 21.8 Å². The van der Waals surface area contributed by atoms with Crippen molar-refractivity contribution < 1.29 is 9.53 Å².